The van der Waals surface area contributed by atoms with E-state index >= 15 is 0 Å². The molecule has 1 aliphatic rings. The Bertz CT molecular complexity index is 1370. The number of hydrogen-bond donors (Lipinski definition) is 2. The van der Waals surface area contributed by atoms with Crippen molar-refractivity contribution in [2.45, 2.75) is 6.42 Å². The monoisotopic (exact) mass is 499 g/mol. The molecule has 9 heteroatoms. The molecule has 4 rings (SSSR count). The Labute approximate surface area is 215 Å². The molecule has 3 aromatic rings. The molecule has 1 aromatic heterocycles. The number of carboxylic acids is 1. The van der Waals surface area contributed by atoms with Crippen LogP contribution in [-0.4, -0.2) is 67.5 Å². The topological polar surface area (TPSA) is 106 Å². The standard InChI is InChI=1S/C28H29N5O4/c1-31(2)24(34)14-15-32(3)20-12-10-19(11-13-20)30-26(18-8-6-5-7-9-18)25-21-17-29-22(28(36)37)16-23(21)33(4)27(25)35/h5-13,16-17,30H,14-15H2,1-4H3,(H,36,37). The number of rotatable bonds is 8. The molecule has 0 fully saturated rings. The number of anilines is 3. The lowest BCUT2D eigenvalue weighted by Crippen LogP contribution is -2.27. The van der Waals surface area contributed by atoms with Crippen LogP contribution in [-0.2, 0) is 9.59 Å². The van der Waals surface area contributed by atoms with Crippen molar-refractivity contribution in [3.8, 4) is 0 Å². The van der Waals surface area contributed by atoms with Gasteiger partial charge in [-0.1, -0.05) is 30.3 Å². The van der Waals surface area contributed by atoms with E-state index in [1.54, 1.807) is 26.0 Å². The Morgan fingerprint density at radius 1 is 1.03 bits per heavy atom. The molecule has 0 unspecified atom stereocenters. The van der Waals surface area contributed by atoms with Crippen LogP contribution < -0.4 is 15.1 Å². The molecule has 0 radical (unpaired) electrons. The summed E-state index contributed by atoms with van der Waals surface area (Å²) in [4.78, 5) is 45.8. The van der Waals surface area contributed by atoms with Gasteiger partial charge in [-0.2, -0.15) is 0 Å². The smallest absolute Gasteiger partial charge is 0.354 e. The summed E-state index contributed by atoms with van der Waals surface area (Å²) in [5.74, 6) is -1.34. The molecule has 0 aliphatic carbocycles. The number of carbonyl (C=O) groups is 3. The van der Waals surface area contributed by atoms with E-state index in [-0.39, 0.29) is 17.5 Å². The van der Waals surface area contributed by atoms with Crippen LogP contribution in [0.5, 0.6) is 0 Å². The Kier molecular flexibility index (Phi) is 7.24. The van der Waals surface area contributed by atoms with Crippen LogP contribution in [0.2, 0.25) is 0 Å². The van der Waals surface area contributed by atoms with E-state index < -0.39 is 5.97 Å². The third kappa shape index (κ3) is 5.30. The molecule has 0 saturated carbocycles. The van der Waals surface area contributed by atoms with Gasteiger partial charge in [-0.3, -0.25) is 9.59 Å². The van der Waals surface area contributed by atoms with Gasteiger partial charge < -0.3 is 25.1 Å². The van der Waals surface area contributed by atoms with Gasteiger partial charge in [-0.05, 0) is 35.9 Å². The van der Waals surface area contributed by atoms with Gasteiger partial charge in [0.1, 0.15) is 5.69 Å². The third-order valence-corrected chi connectivity index (χ3v) is 6.30. The quantitative estimate of drug-likeness (QED) is 0.456. The number of hydrogen-bond acceptors (Lipinski definition) is 6. The molecule has 2 amide bonds. The van der Waals surface area contributed by atoms with Gasteiger partial charge in [0.15, 0.2) is 0 Å². The van der Waals surface area contributed by atoms with Gasteiger partial charge in [-0.25, -0.2) is 9.78 Å². The zero-order valence-corrected chi connectivity index (χ0v) is 21.2. The number of pyridine rings is 1. The molecule has 1 aliphatic heterocycles. The van der Waals surface area contributed by atoms with E-state index in [1.165, 1.54) is 17.2 Å². The molecule has 37 heavy (non-hydrogen) atoms. The Hall–Kier alpha value is -4.66. The first-order valence-corrected chi connectivity index (χ1v) is 11.8. The van der Waals surface area contributed by atoms with Crippen LogP contribution >= 0.6 is 0 Å². The number of fused-ring (bicyclic) bond motifs is 1. The number of likely N-dealkylation sites (N-methyl/N-ethyl adjacent to an activating group) is 1. The molecule has 0 bridgehead atoms. The minimum Gasteiger partial charge on any atom is -0.477 e. The normalized spacial score (nSPS) is 13.7. The van der Waals surface area contributed by atoms with Crippen LogP contribution in [0.25, 0.3) is 11.3 Å². The molecular formula is C28H29N5O4. The average Bonchev–Trinajstić information content (AvgIpc) is 3.15. The Balaban J connectivity index is 1.68. The van der Waals surface area contributed by atoms with E-state index in [0.29, 0.717) is 35.5 Å². The summed E-state index contributed by atoms with van der Waals surface area (Å²) in [6.07, 6.45) is 1.85. The van der Waals surface area contributed by atoms with Gasteiger partial charge in [0.25, 0.3) is 5.91 Å². The van der Waals surface area contributed by atoms with Gasteiger partial charge in [0.2, 0.25) is 5.91 Å². The summed E-state index contributed by atoms with van der Waals surface area (Å²) >= 11 is 0. The second-order valence-corrected chi connectivity index (χ2v) is 9.00. The van der Waals surface area contributed by atoms with Gasteiger partial charge in [-0.15, -0.1) is 0 Å². The first-order chi connectivity index (χ1) is 17.7. The van der Waals surface area contributed by atoms with E-state index in [0.717, 1.165) is 16.9 Å². The maximum Gasteiger partial charge on any atom is 0.354 e. The summed E-state index contributed by atoms with van der Waals surface area (Å²) in [5, 5.41) is 12.8. The molecule has 2 heterocycles. The predicted molar refractivity (Wildman–Crippen MR) is 145 cm³/mol. The van der Waals surface area contributed by atoms with Crippen LogP contribution in [0.15, 0.2) is 66.9 Å². The lowest BCUT2D eigenvalue weighted by molar-refractivity contribution is -0.128. The van der Waals surface area contributed by atoms with Crippen LogP contribution in [0.1, 0.15) is 28.0 Å². The van der Waals surface area contributed by atoms with Crippen molar-refractivity contribution >= 4 is 46.1 Å². The molecule has 190 valence electrons. The zero-order chi connectivity index (χ0) is 26.7. The van der Waals surface area contributed by atoms with Crippen molar-refractivity contribution in [2.24, 2.45) is 0 Å². The fraction of sp³-hybridized carbons (Fsp3) is 0.214. The molecular weight excluding hydrogens is 470 g/mol. The number of benzene rings is 2. The van der Waals surface area contributed by atoms with E-state index in [9.17, 15) is 19.5 Å². The number of aromatic carboxylic acids is 1. The highest BCUT2D eigenvalue weighted by molar-refractivity contribution is 6.38. The number of carboxylic acid groups (broad SMARTS) is 1. The van der Waals surface area contributed by atoms with Crippen molar-refractivity contribution in [3.05, 3.63) is 83.7 Å². The van der Waals surface area contributed by atoms with Gasteiger partial charge in [0, 0.05) is 64.3 Å². The minimum absolute atomic E-state index is 0.0701. The lowest BCUT2D eigenvalue weighted by atomic mass is 10.0. The SMILES string of the molecule is CN(C)C(=O)CCN(C)c1ccc(NC(=C2C(=O)N(C)c3cc(C(=O)O)ncc32)c2ccccc2)cc1. The zero-order valence-electron chi connectivity index (χ0n) is 21.2. The van der Waals surface area contributed by atoms with E-state index in [2.05, 4.69) is 10.3 Å². The van der Waals surface area contributed by atoms with Crippen LogP contribution in [0, 0.1) is 0 Å². The highest BCUT2D eigenvalue weighted by Gasteiger charge is 2.34. The van der Waals surface area contributed by atoms with Crippen molar-refractivity contribution in [2.75, 3.05) is 49.9 Å². The van der Waals surface area contributed by atoms with E-state index in [1.807, 2.05) is 66.5 Å². The molecule has 0 saturated heterocycles. The molecule has 0 atom stereocenters. The number of nitrogens with one attached hydrogen (secondary N) is 1. The van der Waals surface area contributed by atoms with Gasteiger partial charge >= 0.3 is 5.97 Å². The second-order valence-electron chi connectivity index (χ2n) is 9.00. The number of nitrogens with zero attached hydrogens (tertiary/aromatic N) is 4. The average molecular weight is 500 g/mol. The number of aromatic nitrogens is 1. The Morgan fingerprint density at radius 2 is 1.70 bits per heavy atom. The van der Waals surface area contributed by atoms with Crippen molar-refractivity contribution in [1.82, 2.24) is 9.88 Å². The predicted octanol–water partition coefficient (Wildman–Crippen LogP) is 3.65. The molecule has 2 aromatic carbocycles. The summed E-state index contributed by atoms with van der Waals surface area (Å²) in [6.45, 7) is 0.589. The van der Waals surface area contributed by atoms with Crippen LogP contribution in [0.4, 0.5) is 17.1 Å². The number of carbonyl (C=O) groups excluding carboxylic acids is 2. The summed E-state index contributed by atoms with van der Waals surface area (Å²) < 4.78 is 0. The maximum absolute atomic E-state index is 13.4. The molecule has 0 spiro atoms. The summed E-state index contributed by atoms with van der Waals surface area (Å²) in [5.41, 5.74) is 4.47. The van der Waals surface area contributed by atoms with Gasteiger partial charge in [0.05, 0.1) is 17.0 Å². The van der Waals surface area contributed by atoms with Crippen molar-refractivity contribution < 1.29 is 19.5 Å². The second kappa shape index (κ2) is 10.5. The minimum atomic E-state index is -1.15. The highest BCUT2D eigenvalue weighted by Crippen LogP contribution is 2.40. The first-order valence-electron chi connectivity index (χ1n) is 11.8. The fourth-order valence-electron chi connectivity index (χ4n) is 4.11. The first kappa shape index (κ1) is 25.4. The molecule has 9 nitrogen and oxygen atoms in total. The highest BCUT2D eigenvalue weighted by atomic mass is 16.4. The summed E-state index contributed by atoms with van der Waals surface area (Å²) in [6, 6.07) is 18.6. The maximum atomic E-state index is 13.4. The lowest BCUT2D eigenvalue weighted by Gasteiger charge is -2.21. The Morgan fingerprint density at radius 3 is 2.32 bits per heavy atom. The number of amides is 2. The van der Waals surface area contributed by atoms with Crippen LogP contribution in [0.3, 0.4) is 0 Å². The fourth-order valence-corrected chi connectivity index (χ4v) is 4.11. The molecule has 2 N–H and O–H groups in total. The van der Waals surface area contributed by atoms with Crippen molar-refractivity contribution in [1.29, 1.82) is 0 Å². The summed E-state index contributed by atoms with van der Waals surface area (Å²) in [7, 11) is 7.04. The largest absolute Gasteiger partial charge is 0.477 e. The third-order valence-electron chi connectivity index (χ3n) is 6.30. The van der Waals surface area contributed by atoms with Crippen molar-refractivity contribution in [3.63, 3.8) is 0 Å². The van der Waals surface area contributed by atoms with E-state index in [4.69, 9.17) is 0 Å².